The molecule has 1 heterocycles. The third-order valence-corrected chi connectivity index (χ3v) is 6.82. The van der Waals surface area contributed by atoms with E-state index in [1.807, 2.05) is 0 Å². The van der Waals surface area contributed by atoms with Crippen molar-refractivity contribution < 1.29 is 27.5 Å². The highest BCUT2D eigenvalue weighted by Crippen LogP contribution is 2.37. The Bertz CT molecular complexity index is 1310. The lowest BCUT2D eigenvalue weighted by Gasteiger charge is -2.35. The van der Waals surface area contributed by atoms with Crippen LogP contribution in [0.5, 0.6) is 11.5 Å². The van der Waals surface area contributed by atoms with Gasteiger partial charge in [0, 0.05) is 0 Å². The van der Waals surface area contributed by atoms with Crippen LogP contribution in [0.25, 0.3) is 0 Å². The Balaban J connectivity index is 1.71. The maximum atomic E-state index is 13.4. The van der Waals surface area contributed by atoms with Crippen LogP contribution >= 0.6 is 0 Å². The molecular weight excluding hydrogens is 446 g/mol. The molecule has 1 N–H and O–H groups in total. The minimum Gasteiger partial charge on any atom is -0.497 e. The predicted octanol–water partition coefficient (Wildman–Crippen LogP) is 3.48. The molecule has 170 valence electrons. The van der Waals surface area contributed by atoms with Crippen LogP contribution in [0.4, 0.5) is 21.9 Å². The van der Waals surface area contributed by atoms with Crippen molar-refractivity contribution in [2.24, 2.45) is 0 Å². The summed E-state index contributed by atoms with van der Waals surface area (Å²) < 4.78 is 37.7. The molecule has 33 heavy (non-hydrogen) atoms. The first kappa shape index (κ1) is 22.2. The molecule has 3 aromatic rings. The number of ether oxygens (including phenoxy) is 2. The number of carbonyl (C=O) groups excluding carboxylic acids is 2. The summed E-state index contributed by atoms with van der Waals surface area (Å²) in [6.45, 7) is -0.407. The third kappa shape index (κ3) is 4.08. The zero-order valence-corrected chi connectivity index (χ0v) is 18.7. The van der Waals surface area contributed by atoms with E-state index in [2.05, 4.69) is 5.32 Å². The minimum absolute atomic E-state index is 0.0782. The van der Waals surface area contributed by atoms with Gasteiger partial charge in [-0.1, -0.05) is 24.3 Å². The van der Waals surface area contributed by atoms with Gasteiger partial charge in [0.25, 0.3) is 10.0 Å². The topological polar surface area (TPSA) is 105 Å². The molecule has 4 rings (SSSR count). The SMILES string of the molecule is COc1ccc(N2C(=O)N(CC(=O)Nc3ccccc3OC)c3ccccc3S2(=O)=O)cc1. The van der Waals surface area contributed by atoms with Gasteiger partial charge in [-0.2, -0.15) is 4.31 Å². The smallest absolute Gasteiger partial charge is 0.343 e. The second-order valence-electron chi connectivity index (χ2n) is 7.05. The standard InChI is InChI=1S/C23H21N3O6S/c1-31-17-13-11-16(12-14-17)26-23(28)25(19-8-4-6-10-21(19)33(26,29)30)15-22(27)24-18-7-3-5-9-20(18)32-2/h3-14H,15H2,1-2H3,(H,24,27). The van der Waals surface area contributed by atoms with E-state index in [0.29, 0.717) is 21.5 Å². The van der Waals surface area contributed by atoms with Gasteiger partial charge in [0.15, 0.2) is 0 Å². The van der Waals surface area contributed by atoms with E-state index in [9.17, 15) is 18.0 Å². The summed E-state index contributed by atoms with van der Waals surface area (Å²) in [6, 6.07) is 18.1. The van der Waals surface area contributed by atoms with Crippen molar-refractivity contribution in [3.63, 3.8) is 0 Å². The van der Waals surface area contributed by atoms with Crippen LogP contribution in [-0.4, -0.2) is 41.1 Å². The molecule has 10 heteroatoms. The van der Waals surface area contributed by atoms with Gasteiger partial charge in [-0.25, -0.2) is 13.2 Å². The summed E-state index contributed by atoms with van der Waals surface area (Å²) in [4.78, 5) is 27.3. The van der Waals surface area contributed by atoms with E-state index < -0.39 is 28.5 Å². The molecule has 0 aliphatic carbocycles. The number of fused-ring (bicyclic) bond motifs is 1. The first-order valence-electron chi connectivity index (χ1n) is 9.89. The van der Waals surface area contributed by atoms with E-state index in [1.54, 1.807) is 48.5 Å². The summed E-state index contributed by atoms with van der Waals surface area (Å²) in [5, 5.41) is 2.71. The Morgan fingerprint density at radius 1 is 0.909 bits per heavy atom. The van der Waals surface area contributed by atoms with E-state index in [-0.39, 0.29) is 16.3 Å². The van der Waals surface area contributed by atoms with Gasteiger partial charge in [0.2, 0.25) is 5.91 Å². The molecule has 0 bridgehead atoms. The summed E-state index contributed by atoms with van der Waals surface area (Å²) in [6.07, 6.45) is 0. The van der Waals surface area contributed by atoms with E-state index >= 15 is 0 Å². The molecule has 3 amide bonds. The zero-order chi connectivity index (χ0) is 23.6. The van der Waals surface area contributed by atoms with Crippen molar-refractivity contribution >= 4 is 39.0 Å². The van der Waals surface area contributed by atoms with Crippen LogP contribution in [0.2, 0.25) is 0 Å². The Hall–Kier alpha value is -4.05. The summed E-state index contributed by atoms with van der Waals surface area (Å²) in [7, 11) is -1.23. The maximum Gasteiger partial charge on any atom is 0.343 e. The van der Waals surface area contributed by atoms with Gasteiger partial charge in [0.05, 0.1) is 31.3 Å². The molecule has 1 aliphatic rings. The number of rotatable bonds is 6. The van der Waals surface area contributed by atoms with Crippen molar-refractivity contribution in [2.45, 2.75) is 4.90 Å². The second kappa shape index (κ2) is 8.83. The van der Waals surface area contributed by atoms with Gasteiger partial charge >= 0.3 is 6.03 Å². The minimum atomic E-state index is -4.19. The average Bonchev–Trinajstić information content (AvgIpc) is 2.82. The molecular formula is C23H21N3O6S. The van der Waals surface area contributed by atoms with Crippen LogP contribution in [-0.2, 0) is 14.8 Å². The molecule has 0 unspecified atom stereocenters. The quantitative estimate of drug-likeness (QED) is 0.595. The van der Waals surface area contributed by atoms with Crippen LogP contribution in [0.1, 0.15) is 0 Å². The normalized spacial score (nSPS) is 14.4. The number of nitrogens with zero attached hydrogens (tertiary/aromatic N) is 2. The fourth-order valence-corrected chi connectivity index (χ4v) is 5.11. The number of hydrogen-bond donors (Lipinski definition) is 1. The molecule has 0 saturated heterocycles. The molecule has 0 spiro atoms. The van der Waals surface area contributed by atoms with Crippen molar-refractivity contribution in [3.8, 4) is 11.5 Å². The van der Waals surface area contributed by atoms with Gasteiger partial charge in [-0.3, -0.25) is 9.69 Å². The molecule has 0 atom stereocenters. The molecule has 3 aromatic carbocycles. The Kier molecular flexibility index (Phi) is 5.93. The highest BCUT2D eigenvalue weighted by Gasteiger charge is 2.43. The molecule has 0 fully saturated rings. The first-order chi connectivity index (χ1) is 15.9. The monoisotopic (exact) mass is 467 g/mol. The zero-order valence-electron chi connectivity index (χ0n) is 17.9. The number of sulfonamides is 1. The lowest BCUT2D eigenvalue weighted by Crippen LogP contribution is -2.53. The number of para-hydroxylation sites is 3. The lowest BCUT2D eigenvalue weighted by atomic mass is 10.2. The van der Waals surface area contributed by atoms with Crippen molar-refractivity contribution in [1.82, 2.24) is 0 Å². The molecule has 0 radical (unpaired) electrons. The summed E-state index contributed by atoms with van der Waals surface area (Å²) in [5.74, 6) is 0.448. The highest BCUT2D eigenvalue weighted by molar-refractivity contribution is 7.94. The lowest BCUT2D eigenvalue weighted by molar-refractivity contribution is -0.114. The van der Waals surface area contributed by atoms with Crippen LogP contribution < -0.4 is 24.0 Å². The third-order valence-electron chi connectivity index (χ3n) is 5.07. The molecule has 0 saturated carbocycles. The van der Waals surface area contributed by atoms with Crippen LogP contribution in [0, 0.1) is 0 Å². The molecule has 0 aromatic heterocycles. The number of methoxy groups -OCH3 is 2. The Morgan fingerprint density at radius 3 is 2.27 bits per heavy atom. The Morgan fingerprint density at radius 2 is 1.58 bits per heavy atom. The fraction of sp³-hybridized carbons (Fsp3) is 0.130. The number of benzene rings is 3. The van der Waals surface area contributed by atoms with E-state index in [1.165, 1.54) is 38.5 Å². The Labute approximate surface area is 191 Å². The number of hydrogen-bond acceptors (Lipinski definition) is 6. The summed E-state index contributed by atoms with van der Waals surface area (Å²) in [5.41, 5.74) is 0.690. The van der Waals surface area contributed by atoms with E-state index in [4.69, 9.17) is 9.47 Å². The van der Waals surface area contributed by atoms with Crippen LogP contribution in [0.3, 0.4) is 0 Å². The number of nitrogens with one attached hydrogen (secondary N) is 1. The average molecular weight is 468 g/mol. The van der Waals surface area contributed by atoms with Crippen molar-refractivity contribution in [1.29, 1.82) is 0 Å². The van der Waals surface area contributed by atoms with Crippen molar-refractivity contribution in [3.05, 3.63) is 72.8 Å². The van der Waals surface area contributed by atoms with Crippen molar-refractivity contribution in [2.75, 3.05) is 35.3 Å². The van der Waals surface area contributed by atoms with Gasteiger partial charge in [-0.05, 0) is 48.5 Å². The second-order valence-corrected chi connectivity index (χ2v) is 8.81. The molecule has 1 aliphatic heterocycles. The largest absolute Gasteiger partial charge is 0.497 e. The number of anilines is 3. The van der Waals surface area contributed by atoms with Gasteiger partial charge in [-0.15, -0.1) is 0 Å². The molecule has 9 nitrogen and oxygen atoms in total. The number of urea groups is 1. The highest BCUT2D eigenvalue weighted by atomic mass is 32.2. The van der Waals surface area contributed by atoms with Gasteiger partial charge < -0.3 is 14.8 Å². The fourth-order valence-electron chi connectivity index (χ4n) is 3.51. The number of amides is 3. The van der Waals surface area contributed by atoms with Crippen LogP contribution in [0.15, 0.2) is 77.7 Å². The van der Waals surface area contributed by atoms with Gasteiger partial charge in [0.1, 0.15) is 22.9 Å². The maximum absolute atomic E-state index is 13.4. The predicted molar refractivity (Wildman–Crippen MR) is 123 cm³/mol. The van der Waals surface area contributed by atoms with E-state index in [0.717, 1.165) is 4.90 Å². The number of carbonyl (C=O) groups is 2. The first-order valence-corrected chi connectivity index (χ1v) is 11.3. The summed E-state index contributed by atoms with van der Waals surface area (Å²) >= 11 is 0.